The molecule has 0 fully saturated rings. The number of Topliss-reactive ketones (excluding diaryl/α,β-unsaturated/α-hetero) is 1. The van der Waals surface area contributed by atoms with Crippen molar-refractivity contribution in [3.63, 3.8) is 0 Å². The van der Waals surface area contributed by atoms with Crippen LogP contribution in [0.2, 0.25) is 0 Å². The van der Waals surface area contributed by atoms with Gasteiger partial charge in [0.25, 0.3) is 0 Å². The molecule has 2 heteroatoms. The lowest BCUT2D eigenvalue weighted by Crippen LogP contribution is -2.42. The predicted octanol–water partition coefficient (Wildman–Crippen LogP) is 1.68. The highest BCUT2D eigenvalue weighted by atomic mass is 16.3. The van der Waals surface area contributed by atoms with Gasteiger partial charge in [0.05, 0.1) is 0 Å². The smallest absolute Gasteiger partial charge is 0.161 e. The van der Waals surface area contributed by atoms with Crippen LogP contribution in [0.5, 0.6) is 0 Å². The molecule has 0 saturated carbocycles. The van der Waals surface area contributed by atoms with E-state index >= 15 is 0 Å². The van der Waals surface area contributed by atoms with Crippen LogP contribution in [0.15, 0.2) is 12.2 Å². The highest BCUT2D eigenvalue weighted by molar-refractivity contribution is 5.85. The Morgan fingerprint density at radius 2 is 2.08 bits per heavy atom. The van der Waals surface area contributed by atoms with Crippen molar-refractivity contribution in [1.29, 1.82) is 0 Å². The third kappa shape index (κ3) is 1.75. The van der Waals surface area contributed by atoms with Crippen LogP contribution < -0.4 is 0 Å². The molecule has 0 heterocycles. The van der Waals surface area contributed by atoms with Gasteiger partial charge >= 0.3 is 0 Å². The summed E-state index contributed by atoms with van der Waals surface area (Å²) in [7, 11) is 0. The monoisotopic (exact) mass is 168 g/mol. The third-order valence-corrected chi connectivity index (χ3v) is 2.43. The zero-order chi connectivity index (χ0) is 9.41. The summed E-state index contributed by atoms with van der Waals surface area (Å²) in [4.78, 5) is 11.1. The Hall–Kier alpha value is -0.630. The van der Waals surface area contributed by atoms with E-state index in [-0.39, 0.29) is 11.2 Å². The number of carbonyl (C=O) groups excluding carboxylic acids is 1. The minimum absolute atomic E-state index is 0.0569. The molecule has 2 nitrogen and oxygen atoms in total. The zero-order valence-corrected chi connectivity index (χ0v) is 7.92. The Morgan fingerprint density at radius 3 is 2.42 bits per heavy atom. The van der Waals surface area contributed by atoms with E-state index in [1.54, 1.807) is 0 Å². The van der Waals surface area contributed by atoms with E-state index in [1.165, 1.54) is 6.92 Å². The number of allylic oxidation sites excluding steroid dienone is 1. The van der Waals surface area contributed by atoms with Gasteiger partial charge in [0.2, 0.25) is 0 Å². The molecule has 0 aliphatic heterocycles. The number of aliphatic hydroxyl groups is 1. The van der Waals surface area contributed by atoms with Crippen molar-refractivity contribution in [1.82, 2.24) is 0 Å². The van der Waals surface area contributed by atoms with Gasteiger partial charge in [0.15, 0.2) is 5.78 Å². The molecule has 12 heavy (non-hydrogen) atoms. The van der Waals surface area contributed by atoms with E-state index in [0.29, 0.717) is 12.8 Å². The zero-order valence-electron chi connectivity index (χ0n) is 7.92. The van der Waals surface area contributed by atoms with Crippen LogP contribution in [0.1, 0.15) is 33.6 Å². The van der Waals surface area contributed by atoms with Crippen LogP contribution in [0, 0.1) is 5.41 Å². The number of rotatable bonds is 1. The predicted molar refractivity (Wildman–Crippen MR) is 47.8 cm³/mol. The maximum atomic E-state index is 11.1. The maximum absolute atomic E-state index is 11.1. The van der Waals surface area contributed by atoms with Crippen molar-refractivity contribution >= 4 is 5.78 Å². The Labute approximate surface area is 73.3 Å². The third-order valence-electron chi connectivity index (χ3n) is 2.43. The molecule has 68 valence electrons. The topological polar surface area (TPSA) is 37.3 Å². The molecule has 0 amide bonds. The minimum atomic E-state index is -1.11. The average molecular weight is 168 g/mol. The number of hydrogen-bond donors (Lipinski definition) is 1. The number of ketones is 1. The summed E-state index contributed by atoms with van der Waals surface area (Å²) in [6.07, 6.45) is 4.95. The molecule has 0 bridgehead atoms. The van der Waals surface area contributed by atoms with Gasteiger partial charge in [-0.25, -0.2) is 0 Å². The molecule has 1 aliphatic carbocycles. The normalized spacial score (nSPS) is 33.3. The summed E-state index contributed by atoms with van der Waals surface area (Å²) in [5.74, 6) is -0.125. The van der Waals surface area contributed by atoms with Crippen molar-refractivity contribution in [3.05, 3.63) is 12.2 Å². The van der Waals surface area contributed by atoms with E-state index in [2.05, 4.69) is 6.08 Å². The molecule has 0 aromatic rings. The van der Waals surface area contributed by atoms with E-state index in [9.17, 15) is 9.90 Å². The fraction of sp³-hybridized carbons (Fsp3) is 0.700. The molecule has 1 N–H and O–H groups in total. The van der Waals surface area contributed by atoms with E-state index in [1.807, 2.05) is 19.9 Å². The Kier molecular flexibility index (Phi) is 2.13. The fourth-order valence-electron chi connectivity index (χ4n) is 1.73. The summed E-state index contributed by atoms with van der Waals surface area (Å²) in [5, 5.41) is 9.88. The highest BCUT2D eigenvalue weighted by Crippen LogP contribution is 2.36. The Balaban J connectivity index is 2.87. The highest BCUT2D eigenvalue weighted by Gasteiger charge is 2.39. The number of carbonyl (C=O) groups is 1. The van der Waals surface area contributed by atoms with Gasteiger partial charge < -0.3 is 5.11 Å². The lowest BCUT2D eigenvalue weighted by Gasteiger charge is -2.35. The van der Waals surface area contributed by atoms with Gasteiger partial charge in [-0.3, -0.25) is 4.79 Å². The number of hydrogen-bond acceptors (Lipinski definition) is 2. The summed E-state index contributed by atoms with van der Waals surface area (Å²) < 4.78 is 0. The van der Waals surface area contributed by atoms with Crippen molar-refractivity contribution in [2.75, 3.05) is 0 Å². The quantitative estimate of drug-likeness (QED) is 0.605. The molecule has 0 saturated heterocycles. The van der Waals surface area contributed by atoms with Crippen LogP contribution in [0.4, 0.5) is 0 Å². The van der Waals surface area contributed by atoms with Crippen LogP contribution in [0.3, 0.4) is 0 Å². The maximum Gasteiger partial charge on any atom is 0.161 e. The molecule has 0 spiro atoms. The summed E-state index contributed by atoms with van der Waals surface area (Å²) in [5.41, 5.74) is -1.17. The van der Waals surface area contributed by atoms with Crippen molar-refractivity contribution in [3.8, 4) is 0 Å². The van der Waals surface area contributed by atoms with Crippen LogP contribution >= 0.6 is 0 Å². The second-order valence-electron chi connectivity index (χ2n) is 4.36. The van der Waals surface area contributed by atoms with Gasteiger partial charge in [0.1, 0.15) is 5.60 Å². The first-order chi connectivity index (χ1) is 5.36. The van der Waals surface area contributed by atoms with Crippen LogP contribution in [-0.4, -0.2) is 16.5 Å². The fourth-order valence-corrected chi connectivity index (χ4v) is 1.73. The molecule has 0 aromatic carbocycles. The SMILES string of the molecule is CC(=O)C1(O)CC=CC(C)(C)C1. The average Bonchev–Trinajstić information content (AvgIpc) is 1.83. The second-order valence-corrected chi connectivity index (χ2v) is 4.36. The summed E-state index contributed by atoms with van der Waals surface area (Å²) in [6.45, 7) is 5.50. The van der Waals surface area contributed by atoms with Gasteiger partial charge in [-0.1, -0.05) is 26.0 Å². The minimum Gasteiger partial charge on any atom is -0.382 e. The van der Waals surface area contributed by atoms with Gasteiger partial charge in [-0.15, -0.1) is 0 Å². The molecule has 1 aliphatic rings. The molecular weight excluding hydrogens is 152 g/mol. The molecule has 1 atom stereocenters. The first kappa shape index (κ1) is 9.46. The molecule has 0 radical (unpaired) electrons. The largest absolute Gasteiger partial charge is 0.382 e. The van der Waals surface area contributed by atoms with E-state index in [4.69, 9.17) is 0 Å². The van der Waals surface area contributed by atoms with Gasteiger partial charge in [0, 0.05) is 6.42 Å². The van der Waals surface area contributed by atoms with Gasteiger partial charge in [-0.2, -0.15) is 0 Å². The van der Waals surface area contributed by atoms with Crippen molar-refractivity contribution in [2.45, 2.75) is 39.2 Å². The summed E-state index contributed by atoms with van der Waals surface area (Å²) >= 11 is 0. The first-order valence-corrected chi connectivity index (χ1v) is 4.27. The van der Waals surface area contributed by atoms with E-state index < -0.39 is 5.60 Å². The lowest BCUT2D eigenvalue weighted by molar-refractivity contribution is -0.138. The van der Waals surface area contributed by atoms with Gasteiger partial charge in [-0.05, 0) is 18.8 Å². The first-order valence-electron chi connectivity index (χ1n) is 4.27. The Morgan fingerprint density at radius 1 is 1.50 bits per heavy atom. The van der Waals surface area contributed by atoms with E-state index in [0.717, 1.165) is 0 Å². The van der Waals surface area contributed by atoms with Crippen LogP contribution in [0.25, 0.3) is 0 Å². The van der Waals surface area contributed by atoms with Crippen molar-refractivity contribution in [2.24, 2.45) is 5.41 Å². The lowest BCUT2D eigenvalue weighted by atomic mass is 9.73. The molecular formula is C10H16O2. The second kappa shape index (κ2) is 2.70. The molecule has 0 aromatic heterocycles. The Bertz CT molecular complexity index is 228. The summed E-state index contributed by atoms with van der Waals surface area (Å²) in [6, 6.07) is 0. The van der Waals surface area contributed by atoms with Crippen LogP contribution in [-0.2, 0) is 4.79 Å². The molecule has 1 unspecified atom stereocenters. The van der Waals surface area contributed by atoms with Crippen molar-refractivity contribution < 1.29 is 9.90 Å². The molecule has 1 rings (SSSR count). The standard InChI is InChI=1S/C10H16O2/c1-8(11)10(12)6-4-5-9(2,3)7-10/h4-5,12H,6-7H2,1-3H3.